The normalized spacial score (nSPS) is 12.0. The summed E-state index contributed by atoms with van der Waals surface area (Å²) >= 11 is 1.40. The molecule has 0 saturated carbocycles. The van der Waals surface area contributed by atoms with Crippen LogP contribution in [0.15, 0.2) is 36.5 Å². The summed E-state index contributed by atoms with van der Waals surface area (Å²) in [7, 11) is 1.36. The Bertz CT molecular complexity index is 936. The van der Waals surface area contributed by atoms with Crippen molar-refractivity contribution in [2.24, 2.45) is 0 Å². The van der Waals surface area contributed by atoms with Crippen LogP contribution in [-0.4, -0.2) is 40.9 Å². The average Bonchev–Trinajstić information content (AvgIpc) is 3.36. The molecule has 0 bridgehead atoms. The van der Waals surface area contributed by atoms with Gasteiger partial charge in [0.2, 0.25) is 0 Å². The first-order valence-electron chi connectivity index (χ1n) is 9.21. The molecule has 0 aliphatic heterocycles. The Morgan fingerprint density at radius 3 is 2.62 bits per heavy atom. The third-order valence-corrected chi connectivity index (χ3v) is 4.88. The number of H-pyrrole nitrogens is 1. The highest BCUT2D eigenvalue weighted by Crippen LogP contribution is 2.33. The second-order valence-corrected chi connectivity index (χ2v) is 7.61. The molecule has 1 unspecified atom stereocenters. The Morgan fingerprint density at radius 1 is 1.21 bits per heavy atom. The number of rotatable bonds is 9. The number of hydrogen-bond donors (Lipinski definition) is 2. The smallest absolute Gasteiger partial charge is 0.319 e. The van der Waals surface area contributed by atoms with Crippen LogP contribution in [0.2, 0.25) is 0 Å². The minimum absolute atomic E-state index is 0.0782. The summed E-state index contributed by atoms with van der Waals surface area (Å²) in [6.45, 7) is 6.04. The number of benzene rings is 1. The number of nitrogens with one attached hydrogen (secondary N) is 2. The van der Waals surface area contributed by atoms with Gasteiger partial charge in [-0.25, -0.2) is 4.98 Å². The zero-order valence-corrected chi connectivity index (χ0v) is 17.6. The molecule has 0 aliphatic carbocycles. The second-order valence-electron chi connectivity index (χ2n) is 6.62. The van der Waals surface area contributed by atoms with E-state index in [0.717, 1.165) is 22.0 Å². The molecule has 0 spiro atoms. The van der Waals surface area contributed by atoms with Gasteiger partial charge in [-0.3, -0.25) is 15.2 Å². The van der Waals surface area contributed by atoms with E-state index >= 15 is 0 Å². The number of carbonyl (C=O) groups is 1. The molecule has 3 rings (SSSR count). The van der Waals surface area contributed by atoms with Crippen LogP contribution in [0.3, 0.4) is 0 Å². The van der Waals surface area contributed by atoms with Gasteiger partial charge in [-0.2, -0.15) is 5.10 Å². The highest BCUT2D eigenvalue weighted by atomic mass is 32.1. The number of nitrogens with zero attached hydrogens (tertiary/aromatic N) is 2. The lowest BCUT2D eigenvalue weighted by Crippen LogP contribution is -2.26. The van der Waals surface area contributed by atoms with Gasteiger partial charge in [-0.15, -0.1) is 0 Å². The standard InChI is InChI=1S/C20H24N4O4S/c1-12(2)27-14-5-7-15(8-6-14)28-20-22-10-18(29-20)17-9-16(23-24-17)13(3)21-11-19(25)26-4/h5-10,12-13,21H,11H2,1-4H3,(H,23,24). The van der Waals surface area contributed by atoms with Crippen molar-refractivity contribution in [3.8, 4) is 27.3 Å². The summed E-state index contributed by atoms with van der Waals surface area (Å²) in [4.78, 5) is 16.4. The van der Waals surface area contributed by atoms with Crippen LogP contribution in [0.5, 0.6) is 16.7 Å². The molecule has 2 heterocycles. The Labute approximate surface area is 173 Å². The monoisotopic (exact) mass is 416 g/mol. The number of esters is 1. The largest absolute Gasteiger partial charge is 0.491 e. The molecule has 0 aliphatic rings. The van der Waals surface area contributed by atoms with Crippen LogP contribution in [0.1, 0.15) is 32.5 Å². The Morgan fingerprint density at radius 2 is 1.93 bits per heavy atom. The predicted molar refractivity (Wildman–Crippen MR) is 110 cm³/mol. The van der Waals surface area contributed by atoms with Gasteiger partial charge in [0.1, 0.15) is 17.2 Å². The van der Waals surface area contributed by atoms with E-state index < -0.39 is 0 Å². The molecule has 3 aromatic rings. The molecule has 0 radical (unpaired) electrons. The number of aromatic amines is 1. The van der Waals surface area contributed by atoms with Gasteiger partial charge in [-0.05, 0) is 51.1 Å². The lowest BCUT2D eigenvalue weighted by molar-refractivity contribution is -0.139. The van der Waals surface area contributed by atoms with Crippen molar-refractivity contribution in [3.05, 3.63) is 42.2 Å². The lowest BCUT2D eigenvalue weighted by Gasteiger charge is -2.10. The first-order chi connectivity index (χ1) is 13.9. The topological polar surface area (TPSA) is 98.4 Å². The maximum absolute atomic E-state index is 11.3. The second kappa shape index (κ2) is 9.53. The molecule has 1 aromatic carbocycles. The molecule has 9 heteroatoms. The average molecular weight is 417 g/mol. The molecule has 2 N–H and O–H groups in total. The Kier molecular flexibility index (Phi) is 6.84. The predicted octanol–water partition coefficient (Wildman–Crippen LogP) is 3.94. The molecule has 1 atom stereocenters. The first kappa shape index (κ1) is 20.8. The van der Waals surface area contributed by atoms with Gasteiger partial charge in [0.15, 0.2) is 0 Å². The molecule has 0 fully saturated rings. The van der Waals surface area contributed by atoms with Crippen molar-refractivity contribution in [2.45, 2.75) is 32.9 Å². The van der Waals surface area contributed by atoms with Crippen molar-refractivity contribution >= 4 is 17.3 Å². The third kappa shape index (κ3) is 5.78. The fourth-order valence-electron chi connectivity index (χ4n) is 2.49. The quantitative estimate of drug-likeness (QED) is 0.510. The van der Waals surface area contributed by atoms with Crippen LogP contribution < -0.4 is 14.8 Å². The lowest BCUT2D eigenvalue weighted by atomic mass is 10.2. The van der Waals surface area contributed by atoms with Crippen LogP contribution in [-0.2, 0) is 9.53 Å². The molecular formula is C20H24N4O4S. The van der Waals surface area contributed by atoms with Crippen LogP contribution in [0, 0.1) is 0 Å². The summed E-state index contributed by atoms with van der Waals surface area (Å²) in [6.07, 6.45) is 1.85. The number of ether oxygens (including phenoxy) is 3. The van der Waals surface area contributed by atoms with Crippen molar-refractivity contribution in [2.75, 3.05) is 13.7 Å². The molecule has 8 nitrogen and oxygen atoms in total. The molecule has 154 valence electrons. The zero-order chi connectivity index (χ0) is 20.8. The first-order valence-corrected chi connectivity index (χ1v) is 10.0. The van der Waals surface area contributed by atoms with Crippen LogP contribution >= 0.6 is 11.3 Å². The highest BCUT2D eigenvalue weighted by molar-refractivity contribution is 7.16. The minimum atomic E-state index is -0.315. The maximum Gasteiger partial charge on any atom is 0.319 e. The van der Waals surface area contributed by atoms with E-state index in [1.807, 2.05) is 51.1 Å². The fraction of sp³-hybridized carbons (Fsp3) is 0.350. The molecule has 0 saturated heterocycles. The number of methoxy groups -OCH3 is 1. The van der Waals surface area contributed by atoms with E-state index in [2.05, 4.69) is 25.2 Å². The van der Waals surface area contributed by atoms with E-state index in [1.165, 1.54) is 18.4 Å². The fourth-order valence-corrected chi connectivity index (χ4v) is 3.23. The SMILES string of the molecule is COC(=O)CNC(C)c1cc(-c2cnc(Oc3ccc(OC(C)C)cc3)s2)n[nH]1. The van der Waals surface area contributed by atoms with E-state index in [4.69, 9.17) is 9.47 Å². The summed E-state index contributed by atoms with van der Waals surface area (Å²) in [5, 5.41) is 10.9. The van der Waals surface area contributed by atoms with E-state index in [9.17, 15) is 4.79 Å². The number of carbonyl (C=O) groups excluding carboxylic acids is 1. The van der Waals surface area contributed by atoms with E-state index in [-0.39, 0.29) is 24.7 Å². The Balaban J connectivity index is 1.61. The molecule has 29 heavy (non-hydrogen) atoms. The van der Waals surface area contributed by atoms with Gasteiger partial charge in [-0.1, -0.05) is 11.3 Å². The van der Waals surface area contributed by atoms with Gasteiger partial charge >= 0.3 is 5.97 Å². The summed E-state index contributed by atoms with van der Waals surface area (Å²) < 4.78 is 16.1. The summed E-state index contributed by atoms with van der Waals surface area (Å²) in [5.74, 6) is 1.17. The van der Waals surface area contributed by atoms with Crippen LogP contribution in [0.4, 0.5) is 0 Å². The van der Waals surface area contributed by atoms with E-state index in [0.29, 0.717) is 10.9 Å². The molecule has 0 amide bonds. The number of thiazole rings is 1. The van der Waals surface area contributed by atoms with Gasteiger partial charge < -0.3 is 14.2 Å². The number of aromatic nitrogens is 3. The zero-order valence-electron chi connectivity index (χ0n) is 16.8. The third-order valence-electron chi connectivity index (χ3n) is 3.98. The van der Waals surface area contributed by atoms with Gasteiger partial charge in [0.25, 0.3) is 5.19 Å². The van der Waals surface area contributed by atoms with Crippen molar-refractivity contribution < 1.29 is 19.0 Å². The van der Waals surface area contributed by atoms with Crippen molar-refractivity contribution in [1.82, 2.24) is 20.5 Å². The highest BCUT2D eigenvalue weighted by Gasteiger charge is 2.14. The minimum Gasteiger partial charge on any atom is -0.491 e. The summed E-state index contributed by atoms with van der Waals surface area (Å²) in [6, 6.07) is 9.27. The van der Waals surface area contributed by atoms with Crippen molar-refractivity contribution in [3.63, 3.8) is 0 Å². The summed E-state index contributed by atoms with van der Waals surface area (Å²) in [5.41, 5.74) is 1.63. The molecule has 2 aromatic heterocycles. The van der Waals surface area contributed by atoms with E-state index in [1.54, 1.807) is 6.20 Å². The number of hydrogen-bond acceptors (Lipinski definition) is 8. The Hall–Kier alpha value is -2.91. The van der Waals surface area contributed by atoms with Crippen LogP contribution in [0.25, 0.3) is 10.6 Å². The van der Waals surface area contributed by atoms with Crippen molar-refractivity contribution in [1.29, 1.82) is 0 Å². The van der Waals surface area contributed by atoms with Gasteiger partial charge in [0.05, 0.1) is 36.5 Å². The maximum atomic E-state index is 11.3. The van der Waals surface area contributed by atoms with Gasteiger partial charge in [0, 0.05) is 6.04 Å². The molecular weight excluding hydrogens is 392 g/mol.